The van der Waals surface area contributed by atoms with Crippen molar-refractivity contribution in [3.63, 3.8) is 0 Å². The van der Waals surface area contributed by atoms with Crippen LogP contribution in [0.1, 0.15) is 27.2 Å². The Kier molecular flexibility index (Phi) is 5.17. The van der Waals surface area contributed by atoms with Gasteiger partial charge < -0.3 is 4.74 Å². The summed E-state index contributed by atoms with van der Waals surface area (Å²) in [5.41, 5.74) is 1.26. The molecule has 2 heteroatoms. The van der Waals surface area contributed by atoms with Gasteiger partial charge in [-0.15, -0.1) is 0 Å². The molecule has 0 rings (SSSR count). The molecule has 2 nitrogen and oxygen atoms in total. The average molecular weight is 154 g/mol. The lowest BCUT2D eigenvalue weighted by Crippen LogP contribution is -1.82. The van der Waals surface area contributed by atoms with Gasteiger partial charge in [-0.3, -0.25) is 4.79 Å². The van der Waals surface area contributed by atoms with Crippen LogP contribution in [-0.2, 0) is 9.53 Å². The molecule has 0 fully saturated rings. The monoisotopic (exact) mass is 154 g/mol. The van der Waals surface area contributed by atoms with Crippen molar-refractivity contribution in [1.29, 1.82) is 0 Å². The van der Waals surface area contributed by atoms with Crippen molar-refractivity contribution < 1.29 is 9.53 Å². The molecular weight excluding hydrogens is 140 g/mol. The maximum absolute atomic E-state index is 9.85. The van der Waals surface area contributed by atoms with Gasteiger partial charge in [-0.2, -0.15) is 0 Å². The summed E-state index contributed by atoms with van der Waals surface area (Å²) < 4.78 is 4.57. The van der Waals surface area contributed by atoms with Crippen LogP contribution in [0.25, 0.3) is 0 Å². The third-order valence-electron chi connectivity index (χ3n) is 1.39. The van der Waals surface area contributed by atoms with Crippen molar-refractivity contribution in [2.24, 2.45) is 0 Å². The largest absolute Gasteiger partial charge is 0.434 e. The lowest BCUT2D eigenvalue weighted by Gasteiger charge is -1.94. The van der Waals surface area contributed by atoms with Crippen LogP contribution < -0.4 is 0 Å². The van der Waals surface area contributed by atoms with E-state index in [-0.39, 0.29) is 0 Å². The molecule has 0 saturated heterocycles. The molecule has 0 unspecified atom stereocenters. The molecule has 0 aromatic heterocycles. The van der Waals surface area contributed by atoms with E-state index in [9.17, 15) is 4.79 Å². The Morgan fingerprint density at radius 1 is 1.36 bits per heavy atom. The fourth-order valence-electron chi connectivity index (χ4n) is 0.493. The van der Waals surface area contributed by atoms with Gasteiger partial charge in [-0.25, -0.2) is 0 Å². The summed E-state index contributed by atoms with van der Waals surface area (Å²) in [6.45, 7) is 6.29. The Balaban J connectivity index is 3.98. The number of allylic oxidation sites excluding steroid dienone is 4. The minimum atomic E-state index is 0.432. The first-order chi connectivity index (χ1) is 5.20. The second kappa shape index (κ2) is 5.71. The number of carbonyl (C=O) groups excluding carboxylic acids is 1. The SMILES string of the molecule is CC/C(C)=C/C=C(\C)OC=O. The lowest BCUT2D eigenvalue weighted by molar-refractivity contribution is -0.124. The quantitative estimate of drug-likeness (QED) is 0.353. The molecule has 0 bridgehead atoms. The summed E-state index contributed by atoms with van der Waals surface area (Å²) in [6.07, 6.45) is 4.75. The Bertz CT molecular complexity index is 178. The highest BCUT2D eigenvalue weighted by Gasteiger charge is 1.84. The highest BCUT2D eigenvalue weighted by Crippen LogP contribution is 2.00. The maximum atomic E-state index is 9.85. The van der Waals surface area contributed by atoms with Crippen LogP contribution in [0.15, 0.2) is 23.5 Å². The number of hydrogen-bond donors (Lipinski definition) is 0. The third kappa shape index (κ3) is 5.40. The van der Waals surface area contributed by atoms with Gasteiger partial charge in [-0.05, 0) is 26.3 Å². The highest BCUT2D eigenvalue weighted by atomic mass is 16.5. The fraction of sp³-hybridized carbons (Fsp3) is 0.444. The van der Waals surface area contributed by atoms with Crippen LogP contribution in [0.5, 0.6) is 0 Å². The Morgan fingerprint density at radius 3 is 2.45 bits per heavy atom. The van der Waals surface area contributed by atoms with E-state index in [0.29, 0.717) is 12.2 Å². The van der Waals surface area contributed by atoms with E-state index >= 15 is 0 Å². The molecular formula is C9H14O2. The summed E-state index contributed by atoms with van der Waals surface area (Å²) in [5, 5.41) is 0. The van der Waals surface area contributed by atoms with E-state index in [0.717, 1.165) is 6.42 Å². The first-order valence-electron chi connectivity index (χ1n) is 3.65. The highest BCUT2D eigenvalue weighted by molar-refractivity contribution is 5.39. The van der Waals surface area contributed by atoms with Crippen molar-refractivity contribution in [3.8, 4) is 0 Å². The van der Waals surface area contributed by atoms with Crippen molar-refractivity contribution in [2.45, 2.75) is 27.2 Å². The Labute approximate surface area is 67.6 Å². The van der Waals surface area contributed by atoms with Gasteiger partial charge in [0.2, 0.25) is 0 Å². The van der Waals surface area contributed by atoms with Crippen molar-refractivity contribution in [1.82, 2.24) is 0 Å². The first-order valence-corrected chi connectivity index (χ1v) is 3.65. The molecule has 0 aromatic rings. The predicted molar refractivity (Wildman–Crippen MR) is 45.0 cm³/mol. The summed E-state index contributed by atoms with van der Waals surface area (Å²) in [4.78, 5) is 9.85. The van der Waals surface area contributed by atoms with Gasteiger partial charge >= 0.3 is 0 Å². The van der Waals surface area contributed by atoms with Gasteiger partial charge in [0.15, 0.2) is 0 Å². The van der Waals surface area contributed by atoms with Crippen LogP contribution in [0, 0.1) is 0 Å². The maximum Gasteiger partial charge on any atom is 0.298 e. The molecule has 0 aromatic carbocycles. The second-order valence-electron chi connectivity index (χ2n) is 2.36. The van der Waals surface area contributed by atoms with Crippen molar-refractivity contribution in [3.05, 3.63) is 23.5 Å². The lowest BCUT2D eigenvalue weighted by atomic mass is 10.2. The molecule has 0 amide bonds. The van der Waals surface area contributed by atoms with Gasteiger partial charge in [0.1, 0.15) is 5.76 Å². The van der Waals surface area contributed by atoms with E-state index in [2.05, 4.69) is 11.7 Å². The summed E-state index contributed by atoms with van der Waals surface area (Å²) >= 11 is 0. The average Bonchev–Trinajstić information content (AvgIpc) is 2.01. The Hall–Kier alpha value is -1.05. The summed E-state index contributed by atoms with van der Waals surface area (Å²) in [6, 6.07) is 0. The zero-order valence-electron chi connectivity index (χ0n) is 7.26. The van der Waals surface area contributed by atoms with E-state index in [1.807, 2.05) is 13.0 Å². The smallest absolute Gasteiger partial charge is 0.298 e. The number of carbonyl (C=O) groups is 1. The zero-order valence-corrected chi connectivity index (χ0v) is 7.26. The van der Waals surface area contributed by atoms with Crippen LogP contribution in [0.2, 0.25) is 0 Å². The molecule has 0 radical (unpaired) electrons. The Morgan fingerprint density at radius 2 is 2.00 bits per heavy atom. The molecule has 0 heterocycles. The molecule has 62 valence electrons. The standard InChI is InChI=1S/C9H14O2/c1-4-8(2)5-6-9(3)11-7-10/h5-7H,4H2,1-3H3/b8-5+,9-6+. The van der Waals surface area contributed by atoms with Crippen LogP contribution in [0.4, 0.5) is 0 Å². The van der Waals surface area contributed by atoms with E-state index in [4.69, 9.17) is 0 Å². The van der Waals surface area contributed by atoms with Crippen LogP contribution in [-0.4, -0.2) is 6.47 Å². The van der Waals surface area contributed by atoms with Crippen molar-refractivity contribution in [2.75, 3.05) is 0 Å². The molecule has 0 atom stereocenters. The minimum Gasteiger partial charge on any atom is -0.434 e. The number of rotatable bonds is 4. The molecule has 0 saturated carbocycles. The van der Waals surface area contributed by atoms with Gasteiger partial charge in [0, 0.05) is 0 Å². The number of hydrogen-bond acceptors (Lipinski definition) is 2. The molecule has 0 N–H and O–H groups in total. The van der Waals surface area contributed by atoms with Crippen LogP contribution in [0.3, 0.4) is 0 Å². The van der Waals surface area contributed by atoms with E-state index < -0.39 is 0 Å². The van der Waals surface area contributed by atoms with Gasteiger partial charge in [-0.1, -0.05) is 18.6 Å². The summed E-state index contributed by atoms with van der Waals surface area (Å²) in [7, 11) is 0. The van der Waals surface area contributed by atoms with E-state index in [1.165, 1.54) is 5.57 Å². The molecule has 0 aliphatic carbocycles. The minimum absolute atomic E-state index is 0.432. The predicted octanol–water partition coefficient (Wildman–Crippen LogP) is 2.42. The molecule has 0 spiro atoms. The zero-order chi connectivity index (χ0) is 8.69. The first kappa shape index (κ1) is 9.95. The second-order valence-corrected chi connectivity index (χ2v) is 2.36. The molecule has 0 aliphatic rings. The fourth-order valence-corrected chi connectivity index (χ4v) is 0.493. The van der Waals surface area contributed by atoms with Crippen LogP contribution >= 0.6 is 0 Å². The topological polar surface area (TPSA) is 26.3 Å². The summed E-state index contributed by atoms with van der Waals surface area (Å²) in [5.74, 6) is 0.618. The molecule has 11 heavy (non-hydrogen) atoms. The number of ether oxygens (including phenoxy) is 1. The van der Waals surface area contributed by atoms with Gasteiger partial charge in [0.25, 0.3) is 6.47 Å². The van der Waals surface area contributed by atoms with Gasteiger partial charge in [0.05, 0.1) is 0 Å². The van der Waals surface area contributed by atoms with Crippen molar-refractivity contribution >= 4 is 6.47 Å². The van der Waals surface area contributed by atoms with E-state index in [1.54, 1.807) is 13.0 Å². The third-order valence-corrected chi connectivity index (χ3v) is 1.39. The normalized spacial score (nSPS) is 13.0. The molecule has 0 aliphatic heterocycles.